The van der Waals surface area contributed by atoms with E-state index in [1.807, 2.05) is 13.8 Å². The van der Waals surface area contributed by atoms with Crippen LogP contribution in [0.2, 0.25) is 0 Å². The molecular weight excluding hydrogens is 248 g/mol. The van der Waals surface area contributed by atoms with Gasteiger partial charge in [0.25, 0.3) is 0 Å². The maximum absolute atomic E-state index is 13.3. The molecule has 1 saturated heterocycles. The second-order valence-electron chi connectivity index (χ2n) is 5.48. The Labute approximate surface area is 113 Å². The molecule has 1 heterocycles. The molecule has 1 fully saturated rings. The summed E-state index contributed by atoms with van der Waals surface area (Å²) in [6.07, 6.45) is 2.19. The van der Waals surface area contributed by atoms with Crippen LogP contribution in [0, 0.1) is 11.6 Å². The molecule has 0 aliphatic carbocycles. The first-order chi connectivity index (χ1) is 8.99. The SMILES string of the molecule is CCC(C)(C(O)c1ccc(F)c(F)c1)N1CCCC1. The van der Waals surface area contributed by atoms with Gasteiger partial charge < -0.3 is 5.11 Å². The minimum Gasteiger partial charge on any atom is -0.386 e. The lowest BCUT2D eigenvalue weighted by Gasteiger charge is -2.42. The van der Waals surface area contributed by atoms with Gasteiger partial charge in [-0.1, -0.05) is 13.0 Å². The number of nitrogens with zero attached hydrogens (tertiary/aromatic N) is 1. The Hall–Kier alpha value is -1.00. The predicted octanol–water partition coefficient (Wildman–Crippen LogP) is 3.26. The molecule has 2 atom stereocenters. The first-order valence-corrected chi connectivity index (χ1v) is 6.87. The smallest absolute Gasteiger partial charge is 0.159 e. The zero-order chi connectivity index (χ0) is 14.0. The van der Waals surface area contributed by atoms with E-state index < -0.39 is 23.3 Å². The first kappa shape index (κ1) is 14.4. The number of benzene rings is 1. The van der Waals surface area contributed by atoms with Crippen molar-refractivity contribution in [3.05, 3.63) is 35.4 Å². The van der Waals surface area contributed by atoms with Crippen molar-refractivity contribution < 1.29 is 13.9 Å². The van der Waals surface area contributed by atoms with Crippen LogP contribution >= 0.6 is 0 Å². The van der Waals surface area contributed by atoms with Crippen LogP contribution in [0.15, 0.2) is 18.2 Å². The molecule has 1 aliphatic heterocycles. The Balaban J connectivity index is 2.28. The highest BCUT2D eigenvalue weighted by Gasteiger charge is 2.39. The quantitative estimate of drug-likeness (QED) is 0.907. The molecule has 0 radical (unpaired) electrons. The lowest BCUT2D eigenvalue weighted by Crippen LogP contribution is -2.48. The van der Waals surface area contributed by atoms with Crippen LogP contribution in [0.4, 0.5) is 8.78 Å². The van der Waals surface area contributed by atoms with Crippen LogP contribution < -0.4 is 0 Å². The van der Waals surface area contributed by atoms with E-state index in [1.54, 1.807) is 0 Å². The van der Waals surface area contributed by atoms with Crippen LogP contribution in [0.25, 0.3) is 0 Å². The lowest BCUT2D eigenvalue weighted by molar-refractivity contribution is -0.0142. The molecule has 1 aromatic carbocycles. The number of hydrogen-bond acceptors (Lipinski definition) is 2. The van der Waals surface area contributed by atoms with Crippen LogP contribution in [-0.4, -0.2) is 28.6 Å². The van der Waals surface area contributed by atoms with Crippen molar-refractivity contribution in [1.82, 2.24) is 4.90 Å². The van der Waals surface area contributed by atoms with Crippen molar-refractivity contribution in [3.8, 4) is 0 Å². The molecule has 1 aromatic rings. The van der Waals surface area contributed by atoms with Gasteiger partial charge in [-0.2, -0.15) is 0 Å². The topological polar surface area (TPSA) is 23.5 Å². The Morgan fingerprint density at radius 1 is 1.26 bits per heavy atom. The number of rotatable bonds is 4. The van der Waals surface area contributed by atoms with Crippen molar-refractivity contribution in [2.75, 3.05) is 13.1 Å². The largest absolute Gasteiger partial charge is 0.386 e. The van der Waals surface area contributed by atoms with Crippen LogP contribution in [0.5, 0.6) is 0 Å². The normalized spacial score (nSPS) is 21.3. The summed E-state index contributed by atoms with van der Waals surface area (Å²) in [5.41, 5.74) is 0.0102. The van der Waals surface area contributed by atoms with Crippen LogP contribution in [0.3, 0.4) is 0 Å². The molecule has 0 bridgehead atoms. The minimum atomic E-state index is -0.906. The number of aliphatic hydroxyl groups is 1. The third-order valence-corrected chi connectivity index (χ3v) is 4.39. The Kier molecular flexibility index (Phi) is 4.21. The molecule has 2 unspecified atom stereocenters. The fourth-order valence-corrected chi connectivity index (χ4v) is 2.86. The van der Waals surface area contributed by atoms with Crippen LogP contribution in [0.1, 0.15) is 44.8 Å². The summed E-state index contributed by atoms with van der Waals surface area (Å²) in [7, 11) is 0. The fraction of sp³-hybridized carbons (Fsp3) is 0.600. The third-order valence-electron chi connectivity index (χ3n) is 4.39. The highest BCUT2D eigenvalue weighted by molar-refractivity contribution is 5.23. The van der Waals surface area contributed by atoms with E-state index in [1.165, 1.54) is 6.07 Å². The predicted molar refractivity (Wildman–Crippen MR) is 70.8 cm³/mol. The zero-order valence-electron chi connectivity index (χ0n) is 11.5. The van der Waals surface area contributed by atoms with Gasteiger partial charge in [-0.25, -0.2) is 8.78 Å². The van der Waals surface area contributed by atoms with E-state index in [-0.39, 0.29) is 0 Å². The molecule has 0 amide bonds. The maximum atomic E-state index is 13.3. The van der Waals surface area contributed by atoms with Crippen molar-refractivity contribution in [1.29, 1.82) is 0 Å². The molecule has 0 spiro atoms. The highest BCUT2D eigenvalue weighted by atomic mass is 19.2. The molecule has 0 saturated carbocycles. The van der Waals surface area contributed by atoms with E-state index in [2.05, 4.69) is 4.90 Å². The van der Waals surface area contributed by atoms with Crippen LogP contribution in [-0.2, 0) is 0 Å². The molecule has 2 nitrogen and oxygen atoms in total. The molecule has 106 valence electrons. The first-order valence-electron chi connectivity index (χ1n) is 6.87. The maximum Gasteiger partial charge on any atom is 0.159 e. The second-order valence-corrected chi connectivity index (χ2v) is 5.48. The van der Waals surface area contributed by atoms with E-state index in [0.717, 1.165) is 44.5 Å². The monoisotopic (exact) mass is 269 g/mol. The van der Waals surface area contributed by atoms with Gasteiger partial charge in [-0.15, -0.1) is 0 Å². The average Bonchev–Trinajstić information content (AvgIpc) is 2.94. The summed E-state index contributed by atoms with van der Waals surface area (Å²) >= 11 is 0. The summed E-state index contributed by atoms with van der Waals surface area (Å²) in [5.74, 6) is -1.79. The molecule has 0 aromatic heterocycles. The average molecular weight is 269 g/mol. The summed E-state index contributed by atoms with van der Waals surface area (Å²) in [6.45, 7) is 5.90. The summed E-state index contributed by atoms with van der Waals surface area (Å²) < 4.78 is 26.3. The van der Waals surface area contributed by atoms with E-state index in [9.17, 15) is 13.9 Å². The Morgan fingerprint density at radius 2 is 1.89 bits per heavy atom. The third kappa shape index (κ3) is 2.65. The molecule has 1 N–H and O–H groups in total. The van der Waals surface area contributed by atoms with Crippen molar-refractivity contribution in [2.24, 2.45) is 0 Å². The van der Waals surface area contributed by atoms with Gasteiger partial charge >= 0.3 is 0 Å². The van der Waals surface area contributed by atoms with Gasteiger partial charge in [0.15, 0.2) is 11.6 Å². The van der Waals surface area contributed by atoms with E-state index in [0.29, 0.717) is 5.56 Å². The van der Waals surface area contributed by atoms with Gasteiger partial charge in [-0.05, 0) is 57.0 Å². The van der Waals surface area contributed by atoms with Crippen molar-refractivity contribution in [3.63, 3.8) is 0 Å². The van der Waals surface area contributed by atoms with Gasteiger partial charge in [0.2, 0.25) is 0 Å². The van der Waals surface area contributed by atoms with Gasteiger partial charge in [-0.3, -0.25) is 4.90 Å². The standard InChI is InChI=1S/C15H21F2NO/c1-3-15(2,18-8-4-5-9-18)14(19)11-6-7-12(16)13(17)10-11/h6-7,10,14,19H,3-5,8-9H2,1-2H3. The minimum absolute atomic E-state index is 0.430. The molecule has 2 rings (SSSR count). The zero-order valence-corrected chi connectivity index (χ0v) is 11.5. The van der Waals surface area contributed by atoms with Gasteiger partial charge in [0.05, 0.1) is 6.10 Å². The number of halogens is 2. The summed E-state index contributed by atoms with van der Waals surface area (Å²) in [4.78, 5) is 2.25. The summed E-state index contributed by atoms with van der Waals surface area (Å²) in [5, 5.41) is 10.6. The van der Waals surface area contributed by atoms with E-state index in [4.69, 9.17) is 0 Å². The molecule has 4 heteroatoms. The number of aliphatic hydroxyl groups excluding tert-OH is 1. The van der Waals surface area contributed by atoms with Crippen molar-refractivity contribution >= 4 is 0 Å². The molecule has 19 heavy (non-hydrogen) atoms. The van der Waals surface area contributed by atoms with Gasteiger partial charge in [0, 0.05) is 5.54 Å². The molecular formula is C15H21F2NO. The lowest BCUT2D eigenvalue weighted by atomic mass is 9.85. The number of likely N-dealkylation sites (tertiary alicyclic amines) is 1. The van der Waals surface area contributed by atoms with Crippen molar-refractivity contribution in [2.45, 2.75) is 44.8 Å². The second kappa shape index (κ2) is 5.55. The van der Waals surface area contributed by atoms with Gasteiger partial charge in [0.1, 0.15) is 0 Å². The highest BCUT2D eigenvalue weighted by Crippen LogP contribution is 2.36. The molecule has 1 aliphatic rings. The Bertz CT molecular complexity index is 446. The van der Waals surface area contributed by atoms with E-state index >= 15 is 0 Å². The fourth-order valence-electron chi connectivity index (χ4n) is 2.86. The number of hydrogen-bond donors (Lipinski definition) is 1. The Morgan fingerprint density at radius 3 is 2.42 bits per heavy atom. The summed E-state index contributed by atoms with van der Waals surface area (Å²) in [6, 6.07) is 3.64.